The number of hydrogen-bond acceptors (Lipinski definition) is 0. The first kappa shape index (κ1) is 10.8. The Kier molecular flexibility index (Phi) is 2.58. The molecule has 0 radical (unpaired) electrons. The molecular weight excluding hydrogens is 259 g/mol. The summed E-state index contributed by atoms with van der Waals surface area (Å²) in [5, 5.41) is 0. The van der Waals surface area contributed by atoms with Gasteiger partial charge in [0.1, 0.15) is 0 Å². The normalized spacial score (nSPS) is 28.5. The Morgan fingerprint density at radius 3 is 1.67 bits per heavy atom. The predicted octanol–water partition coefficient (Wildman–Crippen LogP) is 4.42. The van der Waals surface area contributed by atoms with E-state index in [1.807, 2.05) is 0 Å². The third-order valence-electron chi connectivity index (χ3n) is 4.36. The lowest BCUT2D eigenvalue weighted by atomic mass is 10.0. The van der Waals surface area contributed by atoms with Crippen molar-refractivity contribution >= 4 is 22.6 Å². The van der Waals surface area contributed by atoms with Crippen LogP contribution in [0.5, 0.6) is 0 Å². The van der Waals surface area contributed by atoms with Gasteiger partial charge in [0.2, 0.25) is 0 Å². The van der Waals surface area contributed by atoms with Crippen molar-refractivity contribution in [2.24, 2.45) is 10.8 Å². The first-order valence-corrected chi connectivity index (χ1v) is 6.08. The Labute approximate surface area is 90.6 Å². The Bertz CT molecular complexity index is 165. The molecular formula is C11H21I. The van der Waals surface area contributed by atoms with Gasteiger partial charge in [0, 0.05) is 3.42 Å². The van der Waals surface area contributed by atoms with Crippen LogP contribution < -0.4 is 0 Å². The quantitative estimate of drug-likeness (QED) is 0.530. The summed E-state index contributed by atoms with van der Waals surface area (Å²) in [6.45, 7) is 11.9. The fourth-order valence-corrected chi connectivity index (χ4v) is 4.00. The van der Waals surface area contributed by atoms with Gasteiger partial charge in [-0.3, -0.25) is 0 Å². The zero-order valence-corrected chi connectivity index (χ0v) is 11.2. The molecule has 0 aromatic heterocycles. The minimum absolute atomic E-state index is 0.537. The third kappa shape index (κ3) is 1.08. The van der Waals surface area contributed by atoms with Gasteiger partial charge in [0.25, 0.3) is 0 Å². The van der Waals surface area contributed by atoms with E-state index in [0.29, 0.717) is 14.3 Å². The van der Waals surface area contributed by atoms with Gasteiger partial charge in [-0.1, -0.05) is 70.1 Å². The van der Waals surface area contributed by atoms with Gasteiger partial charge < -0.3 is 0 Å². The second kappa shape index (κ2) is 2.86. The van der Waals surface area contributed by atoms with E-state index in [1.165, 1.54) is 19.3 Å². The van der Waals surface area contributed by atoms with Crippen molar-refractivity contribution in [1.82, 2.24) is 0 Å². The molecule has 1 rings (SSSR count). The van der Waals surface area contributed by atoms with Gasteiger partial charge in [-0.25, -0.2) is 0 Å². The van der Waals surface area contributed by atoms with E-state index in [1.54, 1.807) is 0 Å². The number of rotatable bonds is 3. The summed E-state index contributed by atoms with van der Waals surface area (Å²) in [5.74, 6) is 0. The highest BCUT2D eigenvalue weighted by Gasteiger charge is 2.74. The summed E-state index contributed by atoms with van der Waals surface area (Å²) in [7, 11) is 0. The second-order valence-corrected chi connectivity index (χ2v) is 7.00. The van der Waals surface area contributed by atoms with E-state index in [4.69, 9.17) is 0 Å². The van der Waals surface area contributed by atoms with Gasteiger partial charge in [0.05, 0.1) is 0 Å². The van der Waals surface area contributed by atoms with Gasteiger partial charge in [0.15, 0.2) is 0 Å². The van der Waals surface area contributed by atoms with E-state index < -0.39 is 0 Å². The van der Waals surface area contributed by atoms with Crippen molar-refractivity contribution in [2.45, 2.75) is 57.3 Å². The molecule has 0 N–H and O–H groups in total. The van der Waals surface area contributed by atoms with Crippen LogP contribution in [0.25, 0.3) is 0 Å². The van der Waals surface area contributed by atoms with Crippen molar-refractivity contribution in [2.75, 3.05) is 0 Å². The summed E-state index contributed by atoms with van der Waals surface area (Å²) < 4.78 is 0.563. The summed E-state index contributed by atoms with van der Waals surface area (Å²) in [6.07, 6.45) is 4.11. The first-order chi connectivity index (χ1) is 5.31. The van der Waals surface area contributed by atoms with Gasteiger partial charge >= 0.3 is 0 Å². The Morgan fingerprint density at radius 1 is 1.00 bits per heavy atom. The lowest BCUT2D eigenvalue weighted by molar-refractivity contribution is 0.457. The van der Waals surface area contributed by atoms with Crippen molar-refractivity contribution in [1.29, 1.82) is 0 Å². The number of hydrogen-bond donors (Lipinski definition) is 0. The molecule has 1 saturated carbocycles. The van der Waals surface area contributed by atoms with Gasteiger partial charge in [-0.2, -0.15) is 0 Å². The molecule has 12 heavy (non-hydrogen) atoms. The fraction of sp³-hybridized carbons (Fsp3) is 1.00. The van der Waals surface area contributed by atoms with Crippen LogP contribution in [-0.2, 0) is 0 Å². The van der Waals surface area contributed by atoms with Crippen molar-refractivity contribution < 1.29 is 0 Å². The Balaban J connectivity index is 2.65. The van der Waals surface area contributed by atoms with Crippen LogP contribution in [0.1, 0.15) is 53.9 Å². The summed E-state index contributed by atoms with van der Waals surface area (Å²) in [5.41, 5.74) is 1.07. The molecule has 72 valence electrons. The largest absolute Gasteiger partial charge is 0.0777 e. The summed E-state index contributed by atoms with van der Waals surface area (Å²) in [6, 6.07) is 0. The molecule has 0 bridgehead atoms. The van der Waals surface area contributed by atoms with Crippen molar-refractivity contribution in [3.05, 3.63) is 0 Å². The molecule has 1 fully saturated rings. The standard InChI is InChI=1S/C11H21I/c1-6-7-8-11(12)9(2,3)10(11,4)5/h6-8H2,1-5H3. The Hall–Kier alpha value is 0.730. The molecule has 0 aromatic rings. The molecule has 0 aromatic carbocycles. The Morgan fingerprint density at radius 2 is 1.42 bits per heavy atom. The molecule has 0 nitrogen and oxygen atoms in total. The summed E-state index contributed by atoms with van der Waals surface area (Å²) >= 11 is 2.70. The number of halogens is 1. The van der Waals surface area contributed by atoms with E-state index in [0.717, 1.165) is 0 Å². The zero-order valence-electron chi connectivity index (χ0n) is 9.00. The lowest BCUT2D eigenvalue weighted by Gasteiger charge is -2.12. The molecule has 0 atom stereocenters. The SMILES string of the molecule is CCCCC1(I)C(C)(C)C1(C)C. The van der Waals surface area contributed by atoms with Crippen LogP contribution in [0.4, 0.5) is 0 Å². The zero-order chi connectivity index (χ0) is 9.62. The third-order valence-corrected chi connectivity index (χ3v) is 7.59. The van der Waals surface area contributed by atoms with Crippen molar-refractivity contribution in [3.8, 4) is 0 Å². The average molecular weight is 280 g/mol. The van der Waals surface area contributed by atoms with Crippen LogP contribution in [-0.4, -0.2) is 3.42 Å². The first-order valence-electron chi connectivity index (χ1n) is 5.00. The van der Waals surface area contributed by atoms with Crippen LogP contribution in [0.3, 0.4) is 0 Å². The second-order valence-electron chi connectivity index (χ2n) is 5.15. The van der Waals surface area contributed by atoms with Crippen molar-refractivity contribution in [3.63, 3.8) is 0 Å². The average Bonchev–Trinajstić information content (AvgIpc) is 2.26. The summed E-state index contributed by atoms with van der Waals surface area (Å²) in [4.78, 5) is 0. The maximum atomic E-state index is 2.70. The predicted molar refractivity (Wildman–Crippen MR) is 63.8 cm³/mol. The molecule has 0 unspecified atom stereocenters. The van der Waals surface area contributed by atoms with Gasteiger partial charge in [-0.05, 0) is 17.3 Å². The maximum Gasteiger partial charge on any atom is 0.0335 e. The molecule has 1 heteroatoms. The van der Waals surface area contributed by atoms with E-state index >= 15 is 0 Å². The van der Waals surface area contributed by atoms with Crippen LogP contribution in [0.15, 0.2) is 0 Å². The van der Waals surface area contributed by atoms with Crippen LogP contribution in [0, 0.1) is 10.8 Å². The van der Waals surface area contributed by atoms with Crippen LogP contribution in [0.2, 0.25) is 0 Å². The molecule has 0 saturated heterocycles. The minimum atomic E-state index is 0.537. The number of unbranched alkanes of at least 4 members (excludes halogenated alkanes) is 1. The van der Waals surface area contributed by atoms with E-state index in [9.17, 15) is 0 Å². The van der Waals surface area contributed by atoms with Crippen LogP contribution >= 0.6 is 22.6 Å². The molecule has 1 aliphatic rings. The maximum absolute atomic E-state index is 2.70. The molecule has 1 aliphatic carbocycles. The highest BCUT2D eigenvalue weighted by atomic mass is 127. The highest BCUT2D eigenvalue weighted by molar-refractivity contribution is 14.1. The minimum Gasteiger partial charge on any atom is -0.0777 e. The molecule has 0 spiro atoms. The fourth-order valence-electron chi connectivity index (χ4n) is 2.41. The van der Waals surface area contributed by atoms with Gasteiger partial charge in [-0.15, -0.1) is 0 Å². The topological polar surface area (TPSA) is 0 Å². The molecule has 0 heterocycles. The highest BCUT2D eigenvalue weighted by Crippen LogP contribution is 2.77. The molecule has 0 aliphatic heterocycles. The monoisotopic (exact) mass is 280 g/mol. The lowest BCUT2D eigenvalue weighted by Crippen LogP contribution is -2.08. The van der Waals surface area contributed by atoms with E-state index in [-0.39, 0.29) is 0 Å². The number of alkyl halides is 1. The molecule has 0 amide bonds. The smallest absolute Gasteiger partial charge is 0.0335 e. The van der Waals surface area contributed by atoms with E-state index in [2.05, 4.69) is 57.2 Å².